The molecular weight excluding hydrogens is 148 g/mol. The van der Waals surface area contributed by atoms with Gasteiger partial charge in [0, 0.05) is 6.42 Å². The third-order valence-corrected chi connectivity index (χ3v) is 1.73. The first kappa shape index (κ1) is 11.3. The van der Waals surface area contributed by atoms with Crippen LogP contribution in [0.25, 0.3) is 0 Å². The largest absolute Gasteiger partial charge is 0.467 e. The van der Waals surface area contributed by atoms with E-state index in [1.54, 1.807) is 0 Å². The number of allylic oxidation sites excluding steroid dienone is 4. The Kier molecular flexibility index (Phi) is 5.52. The molecule has 0 atom stereocenters. The molecule has 0 unspecified atom stereocenters. The summed E-state index contributed by atoms with van der Waals surface area (Å²) in [4.78, 5) is 0. The highest BCUT2D eigenvalue weighted by Crippen LogP contribution is 2.15. The van der Waals surface area contributed by atoms with Gasteiger partial charge in [0.15, 0.2) is 0 Å². The van der Waals surface area contributed by atoms with E-state index in [1.807, 2.05) is 19.9 Å². The predicted molar refractivity (Wildman–Crippen MR) is 53.8 cm³/mol. The van der Waals surface area contributed by atoms with Crippen LogP contribution in [0.15, 0.2) is 23.2 Å². The maximum atomic E-state index is 5.64. The van der Waals surface area contributed by atoms with Gasteiger partial charge in [0.25, 0.3) is 0 Å². The molecule has 0 aliphatic rings. The van der Waals surface area contributed by atoms with Gasteiger partial charge in [-0.25, -0.2) is 0 Å². The molecule has 12 heavy (non-hydrogen) atoms. The summed E-state index contributed by atoms with van der Waals surface area (Å²) in [6.45, 7) is 10.3. The van der Waals surface area contributed by atoms with Crippen LogP contribution in [-0.4, -0.2) is 0 Å². The Morgan fingerprint density at radius 1 is 1.25 bits per heavy atom. The molecule has 0 N–H and O–H groups in total. The Morgan fingerprint density at radius 3 is 2.17 bits per heavy atom. The van der Waals surface area contributed by atoms with Gasteiger partial charge >= 0.3 is 0 Å². The minimum absolute atomic E-state index is 0.986. The molecule has 0 spiro atoms. The summed E-state index contributed by atoms with van der Waals surface area (Å²) in [6, 6.07) is 0. The van der Waals surface area contributed by atoms with Gasteiger partial charge in [0.05, 0.1) is 5.76 Å². The van der Waals surface area contributed by atoms with Crippen molar-refractivity contribution < 1.29 is 4.74 Å². The van der Waals surface area contributed by atoms with Gasteiger partial charge < -0.3 is 4.74 Å². The van der Waals surface area contributed by atoms with Crippen LogP contribution in [0.4, 0.5) is 0 Å². The second-order valence-electron chi connectivity index (χ2n) is 3.17. The predicted octanol–water partition coefficient (Wildman–Crippen LogP) is 4.02. The van der Waals surface area contributed by atoms with Crippen molar-refractivity contribution in [1.82, 2.24) is 0 Å². The molecule has 0 saturated carbocycles. The monoisotopic (exact) mass is 168 g/mol. The highest BCUT2D eigenvalue weighted by molar-refractivity contribution is 5.06. The minimum atomic E-state index is 0.986. The number of rotatable bonds is 4. The lowest BCUT2D eigenvalue weighted by Gasteiger charge is -2.11. The van der Waals surface area contributed by atoms with Crippen molar-refractivity contribution in [3.63, 3.8) is 0 Å². The third kappa shape index (κ3) is 4.22. The Hall–Kier alpha value is -0.720. The lowest BCUT2D eigenvalue weighted by atomic mass is 10.2. The van der Waals surface area contributed by atoms with E-state index in [1.165, 1.54) is 5.57 Å². The van der Waals surface area contributed by atoms with Crippen molar-refractivity contribution in [2.24, 2.45) is 0 Å². The molecule has 0 aliphatic carbocycles. The molecule has 0 aliphatic heterocycles. The number of ether oxygens (including phenoxy) is 1. The van der Waals surface area contributed by atoms with Crippen molar-refractivity contribution in [2.45, 2.75) is 47.5 Å². The maximum Gasteiger partial charge on any atom is 0.102 e. The van der Waals surface area contributed by atoms with E-state index < -0.39 is 0 Å². The lowest BCUT2D eigenvalue weighted by molar-refractivity contribution is 0.286. The van der Waals surface area contributed by atoms with E-state index in [0.717, 1.165) is 24.4 Å². The molecule has 0 rings (SSSR count). The van der Waals surface area contributed by atoms with Crippen molar-refractivity contribution in [3.8, 4) is 0 Å². The second-order valence-corrected chi connectivity index (χ2v) is 3.17. The summed E-state index contributed by atoms with van der Waals surface area (Å²) in [5.41, 5.74) is 1.28. The second kappa shape index (κ2) is 5.87. The fourth-order valence-electron chi connectivity index (χ4n) is 0.883. The normalized spacial score (nSPS) is 11.2. The zero-order chi connectivity index (χ0) is 9.56. The fraction of sp³-hybridized carbons (Fsp3) is 0.636. The smallest absolute Gasteiger partial charge is 0.102 e. The maximum absolute atomic E-state index is 5.64. The molecular formula is C11H20O. The summed E-state index contributed by atoms with van der Waals surface area (Å²) in [5.74, 6) is 2.10. The van der Waals surface area contributed by atoms with Crippen molar-refractivity contribution >= 4 is 0 Å². The average Bonchev–Trinajstić information content (AvgIpc) is 2.03. The van der Waals surface area contributed by atoms with Crippen LogP contribution in [0.1, 0.15) is 47.5 Å². The highest BCUT2D eigenvalue weighted by Gasteiger charge is 1.99. The van der Waals surface area contributed by atoms with Crippen LogP contribution >= 0.6 is 0 Å². The van der Waals surface area contributed by atoms with Crippen LogP contribution < -0.4 is 0 Å². The standard InChI is InChI=1S/C11H20O/c1-6-8-11(9(3)4)12-10(5)7-2/h7H,6,8H2,1-5H3/b10-7-. The zero-order valence-corrected chi connectivity index (χ0v) is 8.90. The number of hydrogen-bond acceptors (Lipinski definition) is 1. The minimum Gasteiger partial charge on any atom is -0.467 e. The summed E-state index contributed by atoms with van der Waals surface area (Å²) in [6.07, 6.45) is 4.16. The summed E-state index contributed by atoms with van der Waals surface area (Å²) in [5, 5.41) is 0. The van der Waals surface area contributed by atoms with Crippen LogP contribution in [0, 0.1) is 0 Å². The van der Waals surface area contributed by atoms with Gasteiger partial charge in [0.1, 0.15) is 5.76 Å². The van der Waals surface area contributed by atoms with Crippen LogP contribution in [0.5, 0.6) is 0 Å². The molecule has 0 amide bonds. The van der Waals surface area contributed by atoms with Crippen molar-refractivity contribution in [3.05, 3.63) is 23.2 Å². The van der Waals surface area contributed by atoms with Crippen molar-refractivity contribution in [2.75, 3.05) is 0 Å². The molecule has 0 aromatic heterocycles. The molecule has 0 aromatic rings. The molecule has 0 radical (unpaired) electrons. The van der Waals surface area contributed by atoms with Gasteiger partial charge in [-0.1, -0.05) is 6.92 Å². The Morgan fingerprint density at radius 2 is 1.83 bits per heavy atom. The molecule has 0 bridgehead atoms. The van der Waals surface area contributed by atoms with Crippen LogP contribution in [-0.2, 0) is 4.74 Å². The van der Waals surface area contributed by atoms with Gasteiger partial charge in [-0.05, 0) is 45.8 Å². The van der Waals surface area contributed by atoms with Crippen LogP contribution in [0.3, 0.4) is 0 Å². The average molecular weight is 168 g/mol. The third-order valence-electron chi connectivity index (χ3n) is 1.73. The molecule has 1 heteroatoms. The molecule has 0 saturated heterocycles. The van der Waals surface area contributed by atoms with E-state index in [9.17, 15) is 0 Å². The molecule has 0 fully saturated rings. The SMILES string of the molecule is C/C=C(/C)OC(CCC)=C(C)C. The lowest BCUT2D eigenvalue weighted by Crippen LogP contribution is -1.92. The summed E-state index contributed by atoms with van der Waals surface area (Å²) in [7, 11) is 0. The zero-order valence-electron chi connectivity index (χ0n) is 8.90. The van der Waals surface area contributed by atoms with Gasteiger partial charge in [0.2, 0.25) is 0 Å². The quantitative estimate of drug-likeness (QED) is 0.576. The summed E-state index contributed by atoms with van der Waals surface area (Å²) >= 11 is 0. The van der Waals surface area contributed by atoms with Crippen LogP contribution in [0.2, 0.25) is 0 Å². The van der Waals surface area contributed by atoms with E-state index in [-0.39, 0.29) is 0 Å². The first-order valence-electron chi connectivity index (χ1n) is 4.58. The fourth-order valence-corrected chi connectivity index (χ4v) is 0.883. The van der Waals surface area contributed by atoms with E-state index in [4.69, 9.17) is 4.74 Å². The van der Waals surface area contributed by atoms with Gasteiger partial charge in [-0.2, -0.15) is 0 Å². The molecule has 0 heterocycles. The van der Waals surface area contributed by atoms with Gasteiger partial charge in [-0.15, -0.1) is 0 Å². The molecule has 0 aromatic carbocycles. The Labute approximate surface area is 76.1 Å². The highest BCUT2D eigenvalue weighted by atomic mass is 16.5. The summed E-state index contributed by atoms with van der Waals surface area (Å²) < 4.78 is 5.64. The molecule has 1 nitrogen and oxygen atoms in total. The van der Waals surface area contributed by atoms with Crippen molar-refractivity contribution in [1.29, 1.82) is 0 Å². The van der Waals surface area contributed by atoms with E-state index in [2.05, 4.69) is 20.8 Å². The first-order chi connectivity index (χ1) is 5.61. The first-order valence-corrected chi connectivity index (χ1v) is 4.58. The topological polar surface area (TPSA) is 9.23 Å². The van der Waals surface area contributed by atoms with E-state index >= 15 is 0 Å². The van der Waals surface area contributed by atoms with Gasteiger partial charge in [-0.3, -0.25) is 0 Å². The Bertz CT molecular complexity index is 183. The van der Waals surface area contributed by atoms with E-state index in [0.29, 0.717) is 0 Å². The molecule has 70 valence electrons. The number of hydrogen-bond donors (Lipinski definition) is 0. The Balaban J connectivity index is 4.26.